The number of aliphatic hydroxyl groups is 2. The van der Waals surface area contributed by atoms with Crippen LogP contribution in [0.4, 0.5) is 4.39 Å². The molecule has 4 N–H and O–H groups in total. The highest BCUT2D eigenvalue weighted by atomic mass is 79.9. The van der Waals surface area contributed by atoms with Crippen molar-refractivity contribution in [3.05, 3.63) is 34.1 Å². The fourth-order valence-electron chi connectivity index (χ4n) is 2.56. The summed E-state index contributed by atoms with van der Waals surface area (Å²) in [6.07, 6.45) is 0.346. The molecular weight excluding hydrogens is 289 g/mol. The molecule has 1 fully saturated rings. The Bertz CT molecular complexity index is 429. The Morgan fingerprint density at radius 2 is 2.24 bits per heavy atom. The van der Waals surface area contributed by atoms with Gasteiger partial charge in [-0.15, -0.1) is 0 Å². The van der Waals surface area contributed by atoms with E-state index in [1.807, 2.05) is 0 Å². The molecule has 94 valence electrons. The van der Waals surface area contributed by atoms with Crippen LogP contribution in [0.5, 0.6) is 0 Å². The normalized spacial score (nSPS) is 33.0. The van der Waals surface area contributed by atoms with Crippen molar-refractivity contribution in [2.75, 3.05) is 6.61 Å². The van der Waals surface area contributed by atoms with Crippen LogP contribution < -0.4 is 5.73 Å². The molecule has 0 aromatic heterocycles. The van der Waals surface area contributed by atoms with E-state index in [1.54, 1.807) is 12.1 Å². The van der Waals surface area contributed by atoms with Crippen molar-refractivity contribution in [3.63, 3.8) is 0 Å². The second-order valence-corrected chi connectivity index (χ2v) is 5.50. The summed E-state index contributed by atoms with van der Waals surface area (Å²) in [4.78, 5) is 0. The van der Waals surface area contributed by atoms with Crippen LogP contribution in [0.3, 0.4) is 0 Å². The van der Waals surface area contributed by atoms with Gasteiger partial charge in [-0.1, -0.05) is 6.07 Å². The number of rotatable bonds is 2. The number of halogens is 2. The van der Waals surface area contributed by atoms with Crippen molar-refractivity contribution in [1.82, 2.24) is 0 Å². The van der Waals surface area contributed by atoms with Crippen LogP contribution in [-0.4, -0.2) is 22.9 Å². The monoisotopic (exact) mass is 303 g/mol. The minimum absolute atomic E-state index is 0.0808. The van der Waals surface area contributed by atoms with E-state index in [2.05, 4.69) is 15.9 Å². The lowest BCUT2D eigenvalue weighted by Gasteiger charge is -2.31. The maximum atomic E-state index is 13.2. The Morgan fingerprint density at radius 3 is 2.82 bits per heavy atom. The maximum absolute atomic E-state index is 13.2. The van der Waals surface area contributed by atoms with E-state index in [0.717, 1.165) is 5.56 Å². The van der Waals surface area contributed by atoms with Gasteiger partial charge in [0.1, 0.15) is 5.82 Å². The van der Waals surface area contributed by atoms with Crippen LogP contribution in [0.2, 0.25) is 0 Å². The quantitative estimate of drug-likeness (QED) is 0.776. The molecule has 17 heavy (non-hydrogen) atoms. The molecule has 0 spiro atoms. The van der Waals surface area contributed by atoms with Gasteiger partial charge in [0.25, 0.3) is 0 Å². The molecule has 1 aliphatic rings. The highest BCUT2D eigenvalue weighted by molar-refractivity contribution is 9.10. The molecule has 0 saturated heterocycles. The first-order chi connectivity index (χ1) is 7.97. The lowest BCUT2D eigenvalue weighted by molar-refractivity contribution is 0.161. The van der Waals surface area contributed by atoms with Gasteiger partial charge in [-0.3, -0.25) is 0 Å². The van der Waals surface area contributed by atoms with Gasteiger partial charge in [0, 0.05) is 18.1 Å². The zero-order valence-electron chi connectivity index (χ0n) is 9.24. The molecule has 0 radical (unpaired) electrons. The third-order valence-corrected chi connectivity index (χ3v) is 4.14. The zero-order valence-corrected chi connectivity index (χ0v) is 10.8. The molecule has 3 atom stereocenters. The van der Waals surface area contributed by atoms with E-state index in [4.69, 9.17) is 5.73 Å². The second-order valence-electron chi connectivity index (χ2n) is 4.64. The number of benzene rings is 1. The van der Waals surface area contributed by atoms with Crippen molar-refractivity contribution in [2.45, 2.75) is 24.5 Å². The van der Waals surface area contributed by atoms with Gasteiger partial charge in [-0.05, 0) is 46.5 Å². The summed E-state index contributed by atoms with van der Waals surface area (Å²) in [7, 11) is 0. The molecule has 0 bridgehead atoms. The predicted octanol–water partition coefficient (Wildman–Crippen LogP) is 1.51. The van der Waals surface area contributed by atoms with Gasteiger partial charge < -0.3 is 15.9 Å². The molecule has 3 nitrogen and oxygen atoms in total. The number of hydrogen-bond acceptors (Lipinski definition) is 3. The molecule has 2 rings (SSSR count). The molecule has 5 heteroatoms. The molecular formula is C12H15BrFNO2. The number of aliphatic hydroxyl groups excluding tert-OH is 2. The summed E-state index contributed by atoms with van der Waals surface area (Å²) in [6.45, 7) is -0.0808. The van der Waals surface area contributed by atoms with Crippen LogP contribution in [0, 0.1) is 11.7 Å². The molecule has 1 aliphatic carbocycles. The molecule has 1 aromatic carbocycles. The molecule has 1 saturated carbocycles. The van der Waals surface area contributed by atoms with E-state index in [-0.39, 0.29) is 18.3 Å². The Balaban J connectivity index is 2.39. The Kier molecular flexibility index (Phi) is 3.54. The average Bonchev–Trinajstić information content (AvgIpc) is 2.58. The van der Waals surface area contributed by atoms with Gasteiger partial charge in [0.05, 0.1) is 10.6 Å². The van der Waals surface area contributed by atoms with E-state index < -0.39 is 11.6 Å². The standard InChI is InChI=1S/C12H15BrFNO2/c13-10-4-7(1-2-11(10)14)12(15)5-9(17)3-8(12)6-16/h1-2,4,8-9,16-17H,3,5-6,15H2/t8-,9+,12+/m0/s1. The topological polar surface area (TPSA) is 66.5 Å². The molecule has 0 aliphatic heterocycles. The van der Waals surface area contributed by atoms with Gasteiger partial charge >= 0.3 is 0 Å². The van der Waals surface area contributed by atoms with Crippen molar-refractivity contribution < 1.29 is 14.6 Å². The van der Waals surface area contributed by atoms with Crippen LogP contribution in [0.1, 0.15) is 18.4 Å². The first-order valence-electron chi connectivity index (χ1n) is 5.50. The van der Waals surface area contributed by atoms with Crippen molar-refractivity contribution in [3.8, 4) is 0 Å². The van der Waals surface area contributed by atoms with E-state index >= 15 is 0 Å². The third-order valence-electron chi connectivity index (χ3n) is 3.54. The van der Waals surface area contributed by atoms with Gasteiger partial charge in [-0.25, -0.2) is 4.39 Å². The Labute approximate surface area is 108 Å². The van der Waals surface area contributed by atoms with Gasteiger partial charge in [-0.2, -0.15) is 0 Å². The third kappa shape index (κ3) is 2.25. The van der Waals surface area contributed by atoms with Crippen LogP contribution in [0.25, 0.3) is 0 Å². The first-order valence-corrected chi connectivity index (χ1v) is 6.30. The zero-order chi connectivity index (χ0) is 12.6. The van der Waals surface area contributed by atoms with Gasteiger partial charge in [0.15, 0.2) is 0 Å². The van der Waals surface area contributed by atoms with Crippen molar-refractivity contribution in [2.24, 2.45) is 11.7 Å². The van der Waals surface area contributed by atoms with E-state index in [9.17, 15) is 14.6 Å². The van der Waals surface area contributed by atoms with Crippen molar-refractivity contribution in [1.29, 1.82) is 0 Å². The summed E-state index contributed by atoms with van der Waals surface area (Å²) in [5.74, 6) is -0.550. The fraction of sp³-hybridized carbons (Fsp3) is 0.500. The average molecular weight is 304 g/mol. The fourth-order valence-corrected chi connectivity index (χ4v) is 2.93. The van der Waals surface area contributed by atoms with Gasteiger partial charge in [0.2, 0.25) is 0 Å². The minimum atomic E-state index is -0.787. The van der Waals surface area contributed by atoms with Crippen LogP contribution in [-0.2, 0) is 5.54 Å². The molecule has 0 unspecified atom stereocenters. The first kappa shape index (κ1) is 13.0. The largest absolute Gasteiger partial charge is 0.396 e. The summed E-state index contributed by atoms with van der Waals surface area (Å²) in [5.41, 5.74) is 6.23. The van der Waals surface area contributed by atoms with Crippen molar-refractivity contribution >= 4 is 15.9 Å². The predicted molar refractivity (Wildman–Crippen MR) is 65.8 cm³/mol. The lowest BCUT2D eigenvalue weighted by Crippen LogP contribution is -2.42. The minimum Gasteiger partial charge on any atom is -0.396 e. The maximum Gasteiger partial charge on any atom is 0.137 e. The summed E-state index contributed by atoms with van der Waals surface area (Å²) in [5, 5.41) is 19.0. The van der Waals surface area contributed by atoms with Crippen LogP contribution >= 0.6 is 15.9 Å². The number of hydrogen-bond donors (Lipinski definition) is 3. The van der Waals surface area contributed by atoms with E-state index in [1.165, 1.54) is 6.07 Å². The SMILES string of the molecule is N[C@@]1(c2ccc(F)c(Br)c2)C[C@H](O)C[C@H]1CO. The second kappa shape index (κ2) is 4.65. The van der Waals surface area contributed by atoms with E-state index in [0.29, 0.717) is 17.3 Å². The molecule has 1 aromatic rings. The Hall–Kier alpha value is -0.490. The summed E-state index contributed by atoms with van der Waals surface area (Å²) >= 11 is 3.12. The highest BCUT2D eigenvalue weighted by Crippen LogP contribution is 2.42. The highest BCUT2D eigenvalue weighted by Gasteiger charge is 2.45. The molecule has 0 heterocycles. The summed E-state index contributed by atoms with van der Waals surface area (Å²) in [6, 6.07) is 4.57. The number of nitrogens with two attached hydrogens (primary N) is 1. The smallest absolute Gasteiger partial charge is 0.137 e. The Morgan fingerprint density at radius 1 is 1.53 bits per heavy atom. The molecule has 0 amide bonds. The van der Waals surface area contributed by atoms with Crippen LogP contribution in [0.15, 0.2) is 22.7 Å². The summed E-state index contributed by atoms with van der Waals surface area (Å²) < 4.78 is 13.5. The lowest BCUT2D eigenvalue weighted by atomic mass is 9.82.